The Balaban J connectivity index is 1.84. The van der Waals surface area contributed by atoms with E-state index in [0.717, 1.165) is 11.3 Å². The van der Waals surface area contributed by atoms with E-state index < -0.39 is 11.6 Å². The van der Waals surface area contributed by atoms with Gasteiger partial charge in [-0.15, -0.1) is 10.2 Å². The fourth-order valence-electron chi connectivity index (χ4n) is 3.48. The molecule has 1 atom stereocenters. The maximum atomic E-state index is 13.4. The molecule has 0 bridgehead atoms. The van der Waals surface area contributed by atoms with Crippen molar-refractivity contribution in [2.45, 2.75) is 65.7 Å². The number of carbonyl (C=O) groups is 2. The SMILES string of the molecule is CC[C@@H](C(=O)NC(C)(C)C)N(Cc1ccc(OC)cc1)C(=O)Cn1nnc(-c2ccc(C)o2)n1. The fourth-order valence-corrected chi connectivity index (χ4v) is 3.48. The summed E-state index contributed by atoms with van der Waals surface area (Å²) < 4.78 is 10.8. The number of hydrogen-bond donors (Lipinski definition) is 1. The van der Waals surface area contributed by atoms with E-state index in [1.807, 2.05) is 58.9 Å². The highest BCUT2D eigenvalue weighted by Crippen LogP contribution is 2.19. The van der Waals surface area contributed by atoms with Gasteiger partial charge in [0.05, 0.1) is 7.11 Å². The van der Waals surface area contributed by atoms with Crippen LogP contribution in [0.3, 0.4) is 0 Å². The second-order valence-electron chi connectivity index (χ2n) is 9.09. The van der Waals surface area contributed by atoms with E-state index >= 15 is 0 Å². The molecule has 0 radical (unpaired) electrons. The van der Waals surface area contributed by atoms with Gasteiger partial charge in [-0.2, -0.15) is 4.80 Å². The minimum absolute atomic E-state index is 0.165. The molecular formula is C24H32N6O4. The zero-order valence-electron chi connectivity index (χ0n) is 20.5. The Hall–Kier alpha value is -3.69. The van der Waals surface area contributed by atoms with Crippen LogP contribution in [0, 0.1) is 6.92 Å². The van der Waals surface area contributed by atoms with Gasteiger partial charge in [-0.25, -0.2) is 0 Å². The van der Waals surface area contributed by atoms with Crippen LogP contribution in [0.2, 0.25) is 0 Å². The molecule has 1 N–H and O–H groups in total. The second-order valence-corrected chi connectivity index (χ2v) is 9.09. The molecule has 2 heterocycles. The molecule has 0 unspecified atom stereocenters. The monoisotopic (exact) mass is 468 g/mol. The lowest BCUT2D eigenvalue weighted by Crippen LogP contribution is -2.54. The summed E-state index contributed by atoms with van der Waals surface area (Å²) in [6.07, 6.45) is 0.450. The first kappa shape index (κ1) is 24.9. The molecule has 0 saturated carbocycles. The summed E-state index contributed by atoms with van der Waals surface area (Å²) in [6, 6.07) is 10.3. The molecule has 10 heteroatoms. The number of amides is 2. The van der Waals surface area contributed by atoms with Crippen LogP contribution in [0.25, 0.3) is 11.6 Å². The third-order valence-electron chi connectivity index (χ3n) is 5.09. The first-order valence-electron chi connectivity index (χ1n) is 11.2. The summed E-state index contributed by atoms with van der Waals surface area (Å²) >= 11 is 0. The van der Waals surface area contributed by atoms with Crippen molar-refractivity contribution in [1.82, 2.24) is 30.4 Å². The molecule has 0 saturated heterocycles. The topological polar surface area (TPSA) is 115 Å². The summed E-state index contributed by atoms with van der Waals surface area (Å²) in [7, 11) is 1.60. The van der Waals surface area contributed by atoms with Crippen molar-refractivity contribution >= 4 is 11.8 Å². The Bertz CT molecular complexity index is 1110. The van der Waals surface area contributed by atoms with Crippen LogP contribution in [0.4, 0.5) is 0 Å². The van der Waals surface area contributed by atoms with Crippen LogP contribution in [0.5, 0.6) is 5.75 Å². The fraction of sp³-hybridized carbons (Fsp3) is 0.458. The average molecular weight is 469 g/mol. The highest BCUT2D eigenvalue weighted by molar-refractivity contribution is 5.88. The summed E-state index contributed by atoms with van der Waals surface area (Å²) in [6.45, 7) is 9.51. The minimum Gasteiger partial charge on any atom is -0.497 e. The molecule has 0 aliphatic carbocycles. The highest BCUT2D eigenvalue weighted by Gasteiger charge is 2.31. The van der Waals surface area contributed by atoms with E-state index in [-0.39, 0.29) is 24.9 Å². The number of ether oxygens (including phenoxy) is 1. The molecule has 3 rings (SSSR count). The first-order valence-corrected chi connectivity index (χ1v) is 11.2. The van der Waals surface area contributed by atoms with Gasteiger partial charge in [0.1, 0.15) is 24.1 Å². The third kappa shape index (κ3) is 6.43. The van der Waals surface area contributed by atoms with Crippen molar-refractivity contribution in [1.29, 1.82) is 0 Å². The van der Waals surface area contributed by atoms with Crippen LogP contribution in [-0.4, -0.2) is 55.6 Å². The molecule has 0 aliphatic rings. The zero-order valence-corrected chi connectivity index (χ0v) is 20.5. The Morgan fingerprint density at radius 3 is 2.44 bits per heavy atom. The Labute approximate surface area is 199 Å². The minimum atomic E-state index is -0.662. The van der Waals surface area contributed by atoms with E-state index in [9.17, 15) is 9.59 Å². The second kappa shape index (κ2) is 10.5. The normalized spacial score (nSPS) is 12.3. The molecule has 2 aromatic heterocycles. The number of tetrazole rings is 1. The van der Waals surface area contributed by atoms with Gasteiger partial charge in [0.2, 0.25) is 17.6 Å². The van der Waals surface area contributed by atoms with E-state index in [4.69, 9.17) is 9.15 Å². The standard InChI is InChI=1S/C24H32N6O4/c1-7-19(23(32)25-24(3,4)5)29(14-17-9-11-18(33-6)12-10-17)21(31)15-30-27-22(26-28-30)20-13-8-16(2)34-20/h8-13,19H,7,14-15H2,1-6H3,(H,25,32)/t19-/m0/s1. The van der Waals surface area contributed by atoms with Gasteiger partial charge in [-0.05, 0) is 69.2 Å². The number of furan rings is 1. The number of benzene rings is 1. The van der Waals surface area contributed by atoms with Crippen molar-refractivity contribution in [2.75, 3.05) is 7.11 Å². The van der Waals surface area contributed by atoms with Gasteiger partial charge in [-0.1, -0.05) is 19.1 Å². The maximum absolute atomic E-state index is 13.4. The van der Waals surface area contributed by atoms with Crippen molar-refractivity contribution in [3.8, 4) is 17.3 Å². The lowest BCUT2D eigenvalue weighted by Gasteiger charge is -2.33. The summed E-state index contributed by atoms with van der Waals surface area (Å²) in [5, 5.41) is 15.2. The van der Waals surface area contributed by atoms with Gasteiger partial charge in [0, 0.05) is 12.1 Å². The van der Waals surface area contributed by atoms with E-state index in [1.54, 1.807) is 24.1 Å². The predicted molar refractivity (Wildman–Crippen MR) is 126 cm³/mol. The van der Waals surface area contributed by atoms with Crippen LogP contribution >= 0.6 is 0 Å². The summed E-state index contributed by atoms with van der Waals surface area (Å²) in [4.78, 5) is 29.3. The third-order valence-corrected chi connectivity index (χ3v) is 5.09. The quantitative estimate of drug-likeness (QED) is 0.513. The smallest absolute Gasteiger partial charge is 0.247 e. The molecule has 34 heavy (non-hydrogen) atoms. The summed E-state index contributed by atoms with van der Waals surface area (Å²) in [5.74, 6) is 1.69. The van der Waals surface area contributed by atoms with Gasteiger partial charge in [0.15, 0.2) is 5.76 Å². The predicted octanol–water partition coefficient (Wildman–Crippen LogP) is 2.97. The highest BCUT2D eigenvalue weighted by atomic mass is 16.5. The number of rotatable bonds is 9. The van der Waals surface area contributed by atoms with Crippen molar-refractivity contribution in [3.05, 3.63) is 47.7 Å². The van der Waals surface area contributed by atoms with Crippen molar-refractivity contribution < 1.29 is 18.7 Å². The molecule has 2 amide bonds. The van der Waals surface area contributed by atoms with Crippen LogP contribution in [-0.2, 0) is 22.7 Å². The maximum Gasteiger partial charge on any atom is 0.247 e. The van der Waals surface area contributed by atoms with Crippen molar-refractivity contribution in [3.63, 3.8) is 0 Å². The van der Waals surface area contributed by atoms with Gasteiger partial charge < -0.3 is 19.4 Å². The van der Waals surface area contributed by atoms with Gasteiger partial charge >= 0.3 is 0 Å². The molecule has 0 fully saturated rings. The van der Waals surface area contributed by atoms with Crippen LogP contribution in [0.15, 0.2) is 40.8 Å². The van der Waals surface area contributed by atoms with E-state index in [1.165, 1.54) is 4.80 Å². The molecule has 0 aliphatic heterocycles. The summed E-state index contributed by atoms with van der Waals surface area (Å²) in [5.41, 5.74) is 0.442. The van der Waals surface area contributed by atoms with Gasteiger partial charge in [-0.3, -0.25) is 9.59 Å². The number of carbonyl (C=O) groups excluding carboxylic acids is 2. The number of methoxy groups -OCH3 is 1. The van der Waals surface area contributed by atoms with E-state index in [0.29, 0.717) is 23.8 Å². The lowest BCUT2D eigenvalue weighted by atomic mass is 10.1. The largest absolute Gasteiger partial charge is 0.497 e. The zero-order chi connectivity index (χ0) is 24.9. The van der Waals surface area contributed by atoms with Crippen LogP contribution in [0.1, 0.15) is 45.4 Å². The number of aryl methyl sites for hydroxylation is 1. The molecule has 10 nitrogen and oxygen atoms in total. The average Bonchev–Trinajstić information content (AvgIpc) is 3.41. The Kier molecular flexibility index (Phi) is 7.70. The Morgan fingerprint density at radius 2 is 1.88 bits per heavy atom. The van der Waals surface area contributed by atoms with E-state index in [2.05, 4.69) is 20.7 Å². The molecule has 3 aromatic rings. The number of hydrogen-bond acceptors (Lipinski definition) is 7. The molecular weight excluding hydrogens is 436 g/mol. The number of nitrogens with one attached hydrogen (secondary N) is 1. The Morgan fingerprint density at radius 1 is 1.18 bits per heavy atom. The molecule has 1 aromatic carbocycles. The number of nitrogens with zero attached hydrogens (tertiary/aromatic N) is 5. The molecule has 0 spiro atoms. The lowest BCUT2D eigenvalue weighted by molar-refractivity contribution is -0.142. The van der Waals surface area contributed by atoms with Crippen LogP contribution < -0.4 is 10.1 Å². The molecule has 182 valence electrons. The number of aromatic nitrogens is 4. The first-order chi connectivity index (χ1) is 16.1. The van der Waals surface area contributed by atoms with Crippen molar-refractivity contribution in [2.24, 2.45) is 0 Å². The van der Waals surface area contributed by atoms with Gasteiger partial charge in [0.25, 0.3) is 0 Å².